The smallest absolute Gasteiger partial charge is 0.475 e. The predicted molar refractivity (Wildman–Crippen MR) is 96.3 cm³/mol. The molecule has 2 aromatic heterocycles. The summed E-state index contributed by atoms with van der Waals surface area (Å²) in [6, 6.07) is 2.18. The number of fused-ring (bicyclic) bond motifs is 1. The largest absolute Gasteiger partial charge is 0.490 e. The number of aliphatic carboxylic acids is 1. The fraction of sp³-hybridized carbons (Fsp3) is 0.471. The molecule has 0 fully saturated rings. The van der Waals surface area contributed by atoms with Gasteiger partial charge in [0.1, 0.15) is 0 Å². The molecule has 0 aliphatic carbocycles. The van der Waals surface area contributed by atoms with Crippen molar-refractivity contribution in [3.05, 3.63) is 39.3 Å². The van der Waals surface area contributed by atoms with E-state index in [1.807, 2.05) is 18.8 Å². The van der Waals surface area contributed by atoms with Crippen LogP contribution in [-0.2, 0) is 42.8 Å². The molecular weight excluding hydrogens is 397 g/mol. The SMILES string of the molecule is CC(=O)N(C)Cc1nn(C)c2c1CN(Cc1ccsc1)C2.O=C(O)C(F)(F)F. The molecule has 1 aliphatic heterocycles. The lowest BCUT2D eigenvalue weighted by Crippen LogP contribution is -2.24. The number of alkyl halides is 3. The van der Waals surface area contributed by atoms with Crippen molar-refractivity contribution < 1.29 is 27.9 Å². The number of rotatable bonds is 4. The normalized spacial score (nSPS) is 13.6. The maximum absolute atomic E-state index is 11.4. The lowest BCUT2D eigenvalue weighted by molar-refractivity contribution is -0.192. The summed E-state index contributed by atoms with van der Waals surface area (Å²) in [4.78, 5) is 24.4. The van der Waals surface area contributed by atoms with Gasteiger partial charge in [-0.25, -0.2) is 4.79 Å². The van der Waals surface area contributed by atoms with Crippen LogP contribution in [0.15, 0.2) is 16.8 Å². The molecule has 0 unspecified atom stereocenters. The molecule has 1 amide bonds. The molecule has 28 heavy (non-hydrogen) atoms. The van der Waals surface area contributed by atoms with Gasteiger partial charge in [0.05, 0.1) is 17.9 Å². The van der Waals surface area contributed by atoms with Gasteiger partial charge in [-0.05, 0) is 22.4 Å². The van der Waals surface area contributed by atoms with Gasteiger partial charge in [0.15, 0.2) is 0 Å². The molecule has 3 heterocycles. The van der Waals surface area contributed by atoms with Gasteiger partial charge in [-0.2, -0.15) is 29.6 Å². The molecular formula is C17H21F3N4O3S. The molecule has 2 aromatic rings. The Morgan fingerprint density at radius 2 is 2.00 bits per heavy atom. The van der Waals surface area contributed by atoms with E-state index < -0.39 is 12.1 Å². The van der Waals surface area contributed by atoms with Crippen LogP contribution < -0.4 is 0 Å². The molecule has 0 bridgehead atoms. The summed E-state index contributed by atoms with van der Waals surface area (Å²) >= 11 is 1.74. The van der Waals surface area contributed by atoms with Crippen LogP contribution >= 0.6 is 11.3 Å². The Kier molecular flexibility index (Phi) is 6.83. The topological polar surface area (TPSA) is 78.7 Å². The summed E-state index contributed by atoms with van der Waals surface area (Å²) < 4.78 is 33.7. The summed E-state index contributed by atoms with van der Waals surface area (Å²) in [5, 5.41) is 16.0. The Bertz CT molecular complexity index is 834. The average Bonchev–Trinajstić information content (AvgIpc) is 3.28. The summed E-state index contributed by atoms with van der Waals surface area (Å²) in [6.07, 6.45) is -5.08. The van der Waals surface area contributed by atoms with Crippen LogP contribution in [0, 0.1) is 0 Å². The van der Waals surface area contributed by atoms with E-state index in [4.69, 9.17) is 9.90 Å². The van der Waals surface area contributed by atoms with Crippen LogP contribution in [0.4, 0.5) is 13.2 Å². The number of aryl methyl sites for hydroxylation is 1. The van der Waals surface area contributed by atoms with Crippen LogP contribution in [0.3, 0.4) is 0 Å². The van der Waals surface area contributed by atoms with Crippen LogP contribution in [0.1, 0.15) is 29.4 Å². The van der Waals surface area contributed by atoms with E-state index in [0.717, 1.165) is 25.3 Å². The van der Waals surface area contributed by atoms with Crippen molar-refractivity contribution in [1.82, 2.24) is 19.6 Å². The summed E-state index contributed by atoms with van der Waals surface area (Å²) in [5.41, 5.74) is 4.96. The Morgan fingerprint density at radius 1 is 1.36 bits per heavy atom. The molecule has 1 N–H and O–H groups in total. The minimum atomic E-state index is -5.08. The first-order chi connectivity index (χ1) is 13.0. The molecule has 0 saturated heterocycles. The fourth-order valence-electron chi connectivity index (χ4n) is 2.75. The first-order valence-corrected chi connectivity index (χ1v) is 9.22. The highest BCUT2D eigenvalue weighted by molar-refractivity contribution is 7.07. The molecule has 154 valence electrons. The minimum absolute atomic E-state index is 0.0718. The van der Waals surface area contributed by atoms with Gasteiger partial charge < -0.3 is 10.0 Å². The summed E-state index contributed by atoms with van der Waals surface area (Å²) in [7, 11) is 3.81. The summed E-state index contributed by atoms with van der Waals surface area (Å²) in [6.45, 7) is 5.00. The van der Waals surface area contributed by atoms with Gasteiger partial charge in [-0.3, -0.25) is 14.4 Å². The lowest BCUT2D eigenvalue weighted by Gasteiger charge is -2.16. The van der Waals surface area contributed by atoms with E-state index in [1.54, 1.807) is 23.2 Å². The zero-order valence-electron chi connectivity index (χ0n) is 15.7. The third kappa shape index (κ3) is 5.55. The quantitative estimate of drug-likeness (QED) is 0.826. The molecule has 0 radical (unpaired) electrons. The number of hydrogen-bond acceptors (Lipinski definition) is 5. The maximum atomic E-state index is 11.4. The van der Waals surface area contributed by atoms with Crippen LogP contribution in [-0.4, -0.2) is 49.8 Å². The minimum Gasteiger partial charge on any atom is -0.475 e. The van der Waals surface area contributed by atoms with Gasteiger partial charge in [-0.15, -0.1) is 0 Å². The van der Waals surface area contributed by atoms with Crippen LogP contribution in [0.25, 0.3) is 0 Å². The number of hydrogen-bond donors (Lipinski definition) is 1. The zero-order valence-corrected chi connectivity index (χ0v) is 16.5. The molecule has 0 spiro atoms. The second-order valence-corrected chi connectivity index (χ2v) is 7.23. The Labute approximate surface area is 164 Å². The second-order valence-electron chi connectivity index (χ2n) is 6.45. The Morgan fingerprint density at radius 3 is 2.50 bits per heavy atom. The van der Waals surface area contributed by atoms with Gasteiger partial charge in [-0.1, -0.05) is 0 Å². The lowest BCUT2D eigenvalue weighted by atomic mass is 10.2. The third-order valence-corrected chi connectivity index (χ3v) is 5.00. The number of carbonyl (C=O) groups is 2. The van der Waals surface area contributed by atoms with Crippen molar-refractivity contribution >= 4 is 23.2 Å². The molecule has 1 aliphatic rings. The van der Waals surface area contributed by atoms with E-state index in [1.165, 1.54) is 16.8 Å². The first-order valence-electron chi connectivity index (χ1n) is 8.28. The molecule has 0 aromatic carbocycles. The number of thiophene rings is 1. The first kappa shape index (κ1) is 21.9. The van der Waals surface area contributed by atoms with Gasteiger partial charge in [0.2, 0.25) is 5.91 Å². The number of halogens is 3. The monoisotopic (exact) mass is 418 g/mol. The van der Waals surface area contributed by atoms with Crippen molar-refractivity contribution in [3.8, 4) is 0 Å². The van der Waals surface area contributed by atoms with Crippen LogP contribution in [0.5, 0.6) is 0 Å². The second kappa shape index (κ2) is 8.74. The number of carbonyl (C=O) groups excluding carboxylic acids is 1. The molecule has 0 saturated carbocycles. The number of carboxylic acid groups (broad SMARTS) is 1. The summed E-state index contributed by atoms with van der Waals surface area (Å²) in [5.74, 6) is -2.69. The zero-order chi connectivity index (χ0) is 21.1. The molecule has 0 atom stereocenters. The van der Waals surface area contributed by atoms with Crippen molar-refractivity contribution in [2.75, 3.05) is 7.05 Å². The van der Waals surface area contributed by atoms with Crippen molar-refractivity contribution in [1.29, 1.82) is 0 Å². The highest BCUT2D eigenvalue weighted by Crippen LogP contribution is 2.27. The van der Waals surface area contributed by atoms with E-state index >= 15 is 0 Å². The van der Waals surface area contributed by atoms with E-state index in [2.05, 4.69) is 26.8 Å². The van der Waals surface area contributed by atoms with Crippen LogP contribution in [0.2, 0.25) is 0 Å². The number of amides is 1. The van der Waals surface area contributed by atoms with Gasteiger partial charge in [0, 0.05) is 46.2 Å². The van der Waals surface area contributed by atoms with Gasteiger partial charge in [0.25, 0.3) is 0 Å². The molecule has 11 heteroatoms. The Balaban J connectivity index is 0.000000345. The molecule has 3 rings (SSSR count). The molecule has 7 nitrogen and oxygen atoms in total. The average molecular weight is 418 g/mol. The van der Waals surface area contributed by atoms with E-state index in [0.29, 0.717) is 6.54 Å². The number of carboxylic acids is 1. The van der Waals surface area contributed by atoms with Crippen molar-refractivity contribution in [3.63, 3.8) is 0 Å². The predicted octanol–water partition coefficient (Wildman–Crippen LogP) is 2.61. The highest BCUT2D eigenvalue weighted by Gasteiger charge is 2.38. The van der Waals surface area contributed by atoms with Crippen molar-refractivity contribution in [2.45, 2.75) is 39.3 Å². The number of aromatic nitrogens is 2. The standard InChI is InChI=1S/C15H20N4OS.C2HF3O2/c1-11(20)17(2)8-14-13-7-19(6-12-4-5-21-10-12)9-15(13)18(3)16-14;3-2(4,5)1(6)7/h4-5,10H,6-9H2,1-3H3;(H,6,7). The highest BCUT2D eigenvalue weighted by atomic mass is 32.1. The van der Waals surface area contributed by atoms with Gasteiger partial charge >= 0.3 is 12.1 Å². The van der Waals surface area contributed by atoms with Crippen molar-refractivity contribution in [2.24, 2.45) is 7.05 Å². The number of nitrogens with zero attached hydrogens (tertiary/aromatic N) is 4. The van der Waals surface area contributed by atoms with E-state index in [9.17, 15) is 18.0 Å². The van der Waals surface area contributed by atoms with E-state index in [-0.39, 0.29) is 5.91 Å². The fourth-order valence-corrected chi connectivity index (χ4v) is 3.41. The maximum Gasteiger partial charge on any atom is 0.490 e. The third-order valence-electron chi connectivity index (χ3n) is 4.27. The Hall–Kier alpha value is -2.40.